The number of fused-ring (bicyclic) bond motifs is 1. The van der Waals surface area contributed by atoms with E-state index in [1.165, 1.54) is 25.4 Å². The Labute approximate surface area is 194 Å². The Hall–Kier alpha value is -4.34. The molecule has 1 amide bonds. The smallest absolute Gasteiger partial charge is 0.404 e. The Balaban J connectivity index is 1.53. The Morgan fingerprint density at radius 1 is 1.21 bits per heavy atom. The number of carbonyl (C=O) groups is 1. The Bertz CT molecular complexity index is 1290. The molecule has 34 heavy (non-hydrogen) atoms. The van der Waals surface area contributed by atoms with E-state index in [1.54, 1.807) is 13.0 Å². The zero-order chi connectivity index (χ0) is 24.1. The maximum absolute atomic E-state index is 14.9. The number of ether oxygens (including phenoxy) is 3. The topological polar surface area (TPSA) is 116 Å². The minimum Gasteiger partial charge on any atom is -0.493 e. The first-order chi connectivity index (χ1) is 16.4. The second kappa shape index (κ2) is 10.1. The SMILES string of the molecule is COc1cc(-c2nc3cnc(OC[C@H](C)NC(=O)O)cc3o2)cc(F)c1OCc1ccccc1. The van der Waals surface area contributed by atoms with Crippen LogP contribution in [0.4, 0.5) is 9.18 Å². The number of nitrogens with zero attached hydrogens (tertiary/aromatic N) is 2. The molecule has 4 aromatic rings. The molecule has 1 atom stereocenters. The van der Waals surface area contributed by atoms with Crippen LogP contribution in [0.25, 0.3) is 22.6 Å². The fourth-order valence-corrected chi connectivity index (χ4v) is 3.19. The quantitative estimate of drug-likeness (QED) is 0.365. The number of hydrogen-bond donors (Lipinski definition) is 2. The lowest BCUT2D eigenvalue weighted by Gasteiger charge is -2.12. The van der Waals surface area contributed by atoms with Crippen LogP contribution in [0.3, 0.4) is 0 Å². The Morgan fingerprint density at radius 3 is 2.74 bits per heavy atom. The first kappa shape index (κ1) is 22.8. The largest absolute Gasteiger partial charge is 0.493 e. The number of amides is 1. The van der Waals surface area contributed by atoms with Gasteiger partial charge in [0.2, 0.25) is 11.8 Å². The highest BCUT2D eigenvalue weighted by atomic mass is 19.1. The van der Waals surface area contributed by atoms with Crippen molar-refractivity contribution in [3.63, 3.8) is 0 Å². The first-order valence-corrected chi connectivity index (χ1v) is 10.4. The van der Waals surface area contributed by atoms with E-state index in [1.807, 2.05) is 30.3 Å². The summed E-state index contributed by atoms with van der Waals surface area (Å²) in [4.78, 5) is 19.2. The van der Waals surface area contributed by atoms with Crippen LogP contribution in [0, 0.1) is 5.82 Å². The second-order valence-electron chi connectivity index (χ2n) is 7.43. The molecular formula is C24H22FN3O6. The third kappa shape index (κ3) is 5.34. The number of nitrogens with one attached hydrogen (secondary N) is 1. The van der Waals surface area contributed by atoms with Crippen LogP contribution >= 0.6 is 0 Å². The number of hydrogen-bond acceptors (Lipinski definition) is 7. The Kier molecular flexibility index (Phi) is 6.77. The number of benzene rings is 2. The number of rotatable bonds is 9. The zero-order valence-electron chi connectivity index (χ0n) is 18.4. The molecule has 0 saturated heterocycles. The van der Waals surface area contributed by atoms with Crippen molar-refractivity contribution < 1.29 is 32.9 Å². The van der Waals surface area contributed by atoms with Gasteiger partial charge in [0.05, 0.1) is 19.3 Å². The summed E-state index contributed by atoms with van der Waals surface area (Å²) in [5.74, 6) is -0.0122. The van der Waals surface area contributed by atoms with Crippen LogP contribution in [0.15, 0.2) is 59.1 Å². The third-order valence-electron chi connectivity index (χ3n) is 4.80. The summed E-state index contributed by atoms with van der Waals surface area (Å²) < 4.78 is 37.2. The minimum absolute atomic E-state index is 0.00680. The standard InChI is InChI=1S/C24H22FN3O6/c1-14(27-24(29)30)12-32-21-10-19-18(11-26-21)28-23(34-19)16-8-17(25)22(20(9-16)31-2)33-13-15-6-4-3-5-7-15/h3-11,14,27H,12-13H2,1-2H3,(H,29,30)/t14-/m0/s1. The Morgan fingerprint density at radius 2 is 2.00 bits per heavy atom. The van der Waals surface area contributed by atoms with E-state index >= 15 is 0 Å². The first-order valence-electron chi connectivity index (χ1n) is 10.4. The van der Waals surface area contributed by atoms with Gasteiger partial charge < -0.3 is 29.1 Å². The van der Waals surface area contributed by atoms with E-state index in [4.69, 9.17) is 23.7 Å². The highest BCUT2D eigenvalue weighted by Gasteiger charge is 2.18. The summed E-state index contributed by atoms with van der Waals surface area (Å²) in [6, 6.07) is 13.3. The maximum Gasteiger partial charge on any atom is 0.404 e. The van der Waals surface area contributed by atoms with Crippen molar-refractivity contribution in [2.45, 2.75) is 19.6 Å². The molecule has 0 aliphatic rings. The van der Waals surface area contributed by atoms with Crippen LogP contribution in [0.2, 0.25) is 0 Å². The van der Waals surface area contributed by atoms with Gasteiger partial charge in [-0.25, -0.2) is 19.2 Å². The van der Waals surface area contributed by atoms with Crippen LogP contribution in [-0.2, 0) is 6.61 Å². The van der Waals surface area contributed by atoms with Gasteiger partial charge in [-0.2, -0.15) is 0 Å². The summed E-state index contributed by atoms with van der Waals surface area (Å²) >= 11 is 0. The number of methoxy groups -OCH3 is 1. The van der Waals surface area contributed by atoms with E-state index in [2.05, 4.69) is 15.3 Å². The van der Waals surface area contributed by atoms with E-state index in [0.29, 0.717) is 16.7 Å². The molecule has 0 bridgehead atoms. The van der Waals surface area contributed by atoms with Crippen LogP contribution < -0.4 is 19.5 Å². The third-order valence-corrected chi connectivity index (χ3v) is 4.80. The monoisotopic (exact) mass is 467 g/mol. The highest BCUT2D eigenvalue weighted by Crippen LogP contribution is 2.36. The molecule has 0 unspecified atom stereocenters. The fourth-order valence-electron chi connectivity index (χ4n) is 3.19. The summed E-state index contributed by atoms with van der Waals surface area (Å²) in [6.07, 6.45) is 0.316. The predicted octanol–water partition coefficient (Wildman–Crippen LogP) is 4.65. The normalized spacial score (nSPS) is 11.7. The van der Waals surface area contributed by atoms with Gasteiger partial charge in [-0.1, -0.05) is 30.3 Å². The maximum atomic E-state index is 14.9. The molecule has 2 aromatic heterocycles. The molecule has 2 heterocycles. The van der Waals surface area contributed by atoms with Crippen molar-refractivity contribution in [2.75, 3.05) is 13.7 Å². The molecule has 0 aliphatic carbocycles. The van der Waals surface area contributed by atoms with Crippen molar-refractivity contribution in [3.8, 4) is 28.8 Å². The minimum atomic E-state index is -1.14. The highest BCUT2D eigenvalue weighted by molar-refractivity contribution is 5.76. The summed E-state index contributed by atoms with van der Waals surface area (Å²) in [6.45, 7) is 1.93. The van der Waals surface area contributed by atoms with Gasteiger partial charge in [0.15, 0.2) is 22.9 Å². The van der Waals surface area contributed by atoms with Gasteiger partial charge in [-0.3, -0.25) is 0 Å². The predicted molar refractivity (Wildman–Crippen MR) is 121 cm³/mol. The molecule has 176 valence electrons. The van der Waals surface area contributed by atoms with Crippen LogP contribution in [-0.4, -0.2) is 40.9 Å². The average Bonchev–Trinajstić information content (AvgIpc) is 3.25. The van der Waals surface area contributed by atoms with Crippen LogP contribution in [0.5, 0.6) is 17.4 Å². The van der Waals surface area contributed by atoms with Crippen molar-refractivity contribution in [2.24, 2.45) is 0 Å². The van der Waals surface area contributed by atoms with Crippen molar-refractivity contribution >= 4 is 17.2 Å². The lowest BCUT2D eigenvalue weighted by Crippen LogP contribution is -2.35. The molecule has 2 N–H and O–H groups in total. The average molecular weight is 467 g/mol. The molecule has 0 fully saturated rings. The number of aromatic nitrogens is 2. The van der Waals surface area contributed by atoms with Crippen molar-refractivity contribution in [3.05, 3.63) is 66.1 Å². The van der Waals surface area contributed by atoms with Gasteiger partial charge >= 0.3 is 6.09 Å². The lowest BCUT2D eigenvalue weighted by atomic mass is 10.2. The van der Waals surface area contributed by atoms with Gasteiger partial charge in [0, 0.05) is 11.6 Å². The lowest BCUT2D eigenvalue weighted by molar-refractivity contribution is 0.182. The van der Waals surface area contributed by atoms with Gasteiger partial charge in [0.1, 0.15) is 18.7 Å². The summed E-state index contributed by atoms with van der Waals surface area (Å²) in [5, 5.41) is 11.0. The molecule has 10 heteroatoms. The summed E-state index contributed by atoms with van der Waals surface area (Å²) in [5.41, 5.74) is 2.08. The van der Waals surface area contributed by atoms with E-state index in [0.717, 1.165) is 5.56 Å². The van der Waals surface area contributed by atoms with Gasteiger partial charge in [-0.15, -0.1) is 0 Å². The second-order valence-corrected chi connectivity index (χ2v) is 7.43. The number of halogens is 1. The number of oxazole rings is 1. The molecule has 0 saturated carbocycles. The van der Waals surface area contributed by atoms with E-state index < -0.39 is 18.0 Å². The summed E-state index contributed by atoms with van der Waals surface area (Å²) in [7, 11) is 1.42. The molecule has 2 aromatic carbocycles. The zero-order valence-corrected chi connectivity index (χ0v) is 18.4. The van der Waals surface area contributed by atoms with Crippen molar-refractivity contribution in [1.82, 2.24) is 15.3 Å². The molecule has 9 nitrogen and oxygen atoms in total. The van der Waals surface area contributed by atoms with Gasteiger partial charge in [0.25, 0.3) is 0 Å². The number of carboxylic acid groups (broad SMARTS) is 1. The van der Waals surface area contributed by atoms with E-state index in [9.17, 15) is 9.18 Å². The molecule has 0 radical (unpaired) electrons. The number of pyridine rings is 1. The molecule has 0 aliphatic heterocycles. The fraction of sp³-hybridized carbons (Fsp3) is 0.208. The van der Waals surface area contributed by atoms with Gasteiger partial charge in [-0.05, 0) is 24.6 Å². The molecule has 0 spiro atoms. The molecule has 4 rings (SSSR count). The molecular weight excluding hydrogens is 445 g/mol. The van der Waals surface area contributed by atoms with Crippen molar-refractivity contribution in [1.29, 1.82) is 0 Å². The van der Waals surface area contributed by atoms with E-state index in [-0.39, 0.29) is 36.5 Å². The van der Waals surface area contributed by atoms with Crippen LogP contribution in [0.1, 0.15) is 12.5 Å².